The summed E-state index contributed by atoms with van der Waals surface area (Å²) in [7, 11) is 0. The van der Waals surface area contributed by atoms with Crippen molar-refractivity contribution >= 4 is 23.5 Å². The lowest BCUT2D eigenvalue weighted by atomic mass is 9.87. The zero-order valence-electron chi connectivity index (χ0n) is 18.4. The van der Waals surface area contributed by atoms with E-state index in [4.69, 9.17) is 5.11 Å². The second kappa shape index (κ2) is 14.8. The molecule has 0 heterocycles. The highest BCUT2D eigenvalue weighted by Crippen LogP contribution is 2.41. The molecule has 0 aromatic heterocycles. The minimum absolute atomic E-state index is 0.0237. The van der Waals surface area contributed by atoms with Crippen LogP contribution in [-0.4, -0.2) is 50.3 Å². The van der Waals surface area contributed by atoms with Crippen LogP contribution in [0, 0.1) is 11.8 Å². The molecule has 0 aliphatic heterocycles. The van der Waals surface area contributed by atoms with Gasteiger partial charge in [0, 0.05) is 29.8 Å². The van der Waals surface area contributed by atoms with Gasteiger partial charge in [-0.1, -0.05) is 57.3 Å². The molecule has 0 bridgehead atoms. The molecule has 1 fully saturated rings. The molecule has 1 saturated carbocycles. The predicted octanol–water partition coefficient (Wildman–Crippen LogP) is 4.76. The van der Waals surface area contributed by atoms with Crippen molar-refractivity contribution in [2.45, 2.75) is 88.4 Å². The van der Waals surface area contributed by atoms with Crippen LogP contribution in [0.15, 0.2) is 24.8 Å². The summed E-state index contributed by atoms with van der Waals surface area (Å²) in [5, 5.41) is 28.8. The van der Waals surface area contributed by atoms with E-state index in [2.05, 4.69) is 19.6 Å². The van der Waals surface area contributed by atoms with E-state index in [1.807, 2.05) is 6.08 Å². The number of rotatable bonds is 17. The molecule has 30 heavy (non-hydrogen) atoms. The maximum atomic E-state index is 12.7. The van der Waals surface area contributed by atoms with Crippen LogP contribution >= 0.6 is 11.8 Å². The summed E-state index contributed by atoms with van der Waals surface area (Å²) in [6, 6.07) is 0. The van der Waals surface area contributed by atoms with Crippen molar-refractivity contribution in [3.63, 3.8) is 0 Å². The summed E-state index contributed by atoms with van der Waals surface area (Å²) in [6.07, 6.45) is 13.9. The van der Waals surface area contributed by atoms with Gasteiger partial charge in [0.2, 0.25) is 0 Å². The summed E-state index contributed by atoms with van der Waals surface area (Å²) >= 11 is 1.66. The van der Waals surface area contributed by atoms with Gasteiger partial charge in [-0.2, -0.15) is 11.8 Å². The predicted molar refractivity (Wildman–Crippen MR) is 124 cm³/mol. The number of carbonyl (C=O) groups excluding carboxylic acids is 1. The van der Waals surface area contributed by atoms with Gasteiger partial charge in [0.25, 0.3) is 0 Å². The van der Waals surface area contributed by atoms with E-state index < -0.39 is 11.6 Å². The highest BCUT2D eigenvalue weighted by molar-refractivity contribution is 8.00. The Labute approximate surface area is 186 Å². The smallest absolute Gasteiger partial charge is 0.303 e. The lowest BCUT2D eigenvalue weighted by Gasteiger charge is -2.24. The number of unbranched alkanes of at least 4 members (excludes halogenated alkanes) is 4. The monoisotopic (exact) mass is 440 g/mol. The highest BCUT2D eigenvalue weighted by atomic mass is 32.2. The number of aliphatic hydroxyl groups is 2. The van der Waals surface area contributed by atoms with Crippen LogP contribution in [0.1, 0.15) is 77.6 Å². The molecule has 0 saturated heterocycles. The van der Waals surface area contributed by atoms with Gasteiger partial charge in [0.05, 0.1) is 12.2 Å². The van der Waals surface area contributed by atoms with Crippen molar-refractivity contribution in [3.05, 3.63) is 24.8 Å². The summed E-state index contributed by atoms with van der Waals surface area (Å²) in [6.45, 7) is 5.99. The Morgan fingerprint density at radius 3 is 2.63 bits per heavy atom. The minimum atomic E-state index is -0.900. The fourth-order valence-corrected chi connectivity index (χ4v) is 5.33. The second-order valence-electron chi connectivity index (χ2n) is 8.38. The van der Waals surface area contributed by atoms with Crippen LogP contribution < -0.4 is 0 Å². The van der Waals surface area contributed by atoms with E-state index in [0.29, 0.717) is 31.4 Å². The first-order valence-corrected chi connectivity index (χ1v) is 12.4. The van der Waals surface area contributed by atoms with Gasteiger partial charge in [-0.25, -0.2) is 0 Å². The number of allylic oxidation sites excluding steroid dienone is 1. The van der Waals surface area contributed by atoms with Crippen molar-refractivity contribution in [2.24, 2.45) is 11.8 Å². The Balaban J connectivity index is 2.68. The molecule has 0 aromatic carbocycles. The maximum absolute atomic E-state index is 12.7. The van der Waals surface area contributed by atoms with Crippen LogP contribution in [0.4, 0.5) is 0 Å². The number of Topliss-reactive ketones (excluding diaryl/α,β-unsaturated/α-hetero) is 1. The first kappa shape index (κ1) is 26.9. The van der Waals surface area contributed by atoms with Crippen molar-refractivity contribution in [1.82, 2.24) is 0 Å². The molecule has 1 unspecified atom stereocenters. The topological polar surface area (TPSA) is 94.8 Å². The molecule has 0 radical (unpaired) electrons. The first-order valence-electron chi connectivity index (χ1n) is 11.4. The summed E-state index contributed by atoms with van der Waals surface area (Å²) in [4.78, 5) is 23.3. The van der Waals surface area contributed by atoms with Crippen molar-refractivity contribution in [3.8, 4) is 0 Å². The average Bonchev–Trinajstić information content (AvgIpc) is 3.01. The van der Waals surface area contributed by atoms with Crippen molar-refractivity contribution in [1.29, 1.82) is 0 Å². The quantitative estimate of drug-likeness (QED) is 0.223. The molecule has 0 spiro atoms. The molecule has 1 aliphatic rings. The maximum Gasteiger partial charge on any atom is 0.303 e. The van der Waals surface area contributed by atoms with E-state index in [1.165, 1.54) is 0 Å². The third-order valence-corrected chi connectivity index (χ3v) is 7.29. The summed E-state index contributed by atoms with van der Waals surface area (Å²) < 4.78 is 0. The average molecular weight is 441 g/mol. The molecule has 172 valence electrons. The van der Waals surface area contributed by atoms with Gasteiger partial charge in [0.1, 0.15) is 5.78 Å². The fourth-order valence-electron chi connectivity index (χ4n) is 4.14. The molecule has 1 aliphatic carbocycles. The van der Waals surface area contributed by atoms with Crippen LogP contribution in [0.2, 0.25) is 0 Å². The third-order valence-electron chi connectivity index (χ3n) is 5.96. The molecule has 0 amide bonds. The van der Waals surface area contributed by atoms with Crippen molar-refractivity contribution < 1.29 is 24.9 Å². The van der Waals surface area contributed by atoms with Gasteiger partial charge in [-0.3, -0.25) is 9.59 Å². The van der Waals surface area contributed by atoms with Gasteiger partial charge in [-0.15, -0.1) is 6.58 Å². The lowest BCUT2D eigenvalue weighted by Crippen LogP contribution is -2.25. The number of hydrogen-bond acceptors (Lipinski definition) is 5. The molecular formula is C24H40O5S. The molecule has 1 rings (SSSR count). The number of thioether (sulfide) groups is 1. The Hall–Kier alpha value is -1.11. The normalized spacial score (nSPS) is 23.7. The number of hydrogen-bond donors (Lipinski definition) is 3. The molecular weight excluding hydrogens is 400 g/mol. The first-order chi connectivity index (χ1) is 14.4. The molecule has 6 heteroatoms. The number of ketones is 1. The van der Waals surface area contributed by atoms with E-state index in [1.54, 1.807) is 17.8 Å². The Morgan fingerprint density at radius 1 is 1.27 bits per heavy atom. The molecule has 3 N–H and O–H groups in total. The zero-order valence-corrected chi connectivity index (χ0v) is 19.2. The zero-order chi connectivity index (χ0) is 22.4. The molecule has 5 nitrogen and oxygen atoms in total. The largest absolute Gasteiger partial charge is 0.481 e. The van der Waals surface area contributed by atoms with Gasteiger partial charge >= 0.3 is 5.97 Å². The minimum Gasteiger partial charge on any atom is -0.481 e. The van der Waals surface area contributed by atoms with Gasteiger partial charge in [-0.05, 0) is 31.6 Å². The van der Waals surface area contributed by atoms with Crippen LogP contribution in [0.25, 0.3) is 0 Å². The summed E-state index contributed by atoms with van der Waals surface area (Å²) in [5.74, 6) is 0.249. The van der Waals surface area contributed by atoms with Crippen molar-refractivity contribution in [2.75, 3.05) is 12.4 Å². The van der Waals surface area contributed by atoms with Gasteiger partial charge < -0.3 is 15.3 Å². The number of carbonyl (C=O) groups is 2. The molecule has 4 atom stereocenters. The summed E-state index contributed by atoms with van der Waals surface area (Å²) in [5.41, 5.74) is -0.900. The number of carboxylic acids is 1. The molecule has 0 aromatic rings. The third kappa shape index (κ3) is 9.80. The fraction of sp³-hybridized carbons (Fsp3) is 0.750. The SMILES string of the molecule is C=CC(O)(CC=C[C@H]1[C@H](SCCO)CC(=O)[C@@H]1CCCCCCC(=O)O)CCCC. The van der Waals surface area contributed by atoms with Crippen LogP contribution in [0.5, 0.6) is 0 Å². The second-order valence-corrected chi connectivity index (χ2v) is 9.72. The van der Waals surface area contributed by atoms with Gasteiger partial charge in [0.15, 0.2) is 0 Å². The Kier molecular flexibility index (Phi) is 13.3. The lowest BCUT2D eigenvalue weighted by molar-refractivity contribution is -0.137. The Morgan fingerprint density at radius 2 is 2.00 bits per heavy atom. The van der Waals surface area contributed by atoms with E-state index in [0.717, 1.165) is 38.5 Å². The highest BCUT2D eigenvalue weighted by Gasteiger charge is 2.40. The number of aliphatic carboxylic acids is 1. The number of carboxylic acid groups (broad SMARTS) is 1. The van der Waals surface area contributed by atoms with Crippen LogP contribution in [0.3, 0.4) is 0 Å². The Bertz CT molecular complexity index is 562. The standard InChI is InChI=1S/C24H40O5S/c1-3-5-14-24(29,4-2)15-10-12-20-19(11-8-6-7-9-13-23(27)28)21(26)18-22(20)30-17-16-25/h4,10,12,19-20,22,25,29H,2-3,5-9,11,13-18H2,1H3,(H,27,28)/t19-,20-,22-,24?/m1/s1. The van der Waals surface area contributed by atoms with E-state index in [9.17, 15) is 19.8 Å². The number of aliphatic hydroxyl groups excluding tert-OH is 1. The van der Waals surface area contributed by atoms with Crippen LogP contribution in [-0.2, 0) is 9.59 Å². The van der Waals surface area contributed by atoms with E-state index >= 15 is 0 Å². The van der Waals surface area contributed by atoms with E-state index in [-0.39, 0.29) is 35.9 Å².